The summed E-state index contributed by atoms with van der Waals surface area (Å²) < 4.78 is 0. The number of aromatic nitrogens is 3. The Kier molecular flexibility index (Phi) is 3.55. The third-order valence-electron chi connectivity index (χ3n) is 1.98. The second-order valence-electron chi connectivity index (χ2n) is 3.29. The lowest BCUT2D eigenvalue weighted by Gasteiger charge is -1.97. The van der Waals surface area contributed by atoms with E-state index >= 15 is 0 Å². The first-order chi connectivity index (χ1) is 8.75. The number of hydrogen-bond donors (Lipinski definition) is 2. The number of nitrogens with one attached hydrogen (secondary N) is 2. The van der Waals surface area contributed by atoms with E-state index in [-0.39, 0.29) is 11.3 Å². The van der Waals surface area contributed by atoms with Crippen LogP contribution in [0.1, 0.15) is 16.1 Å². The summed E-state index contributed by atoms with van der Waals surface area (Å²) in [5, 5.41) is 9.47. The van der Waals surface area contributed by atoms with Crippen LogP contribution in [0.3, 0.4) is 0 Å². The highest BCUT2D eigenvalue weighted by molar-refractivity contribution is 5.92. The van der Waals surface area contributed by atoms with E-state index in [4.69, 9.17) is 0 Å². The summed E-state index contributed by atoms with van der Waals surface area (Å²) in [6.07, 6.45) is 4.70. The third kappa shape index (κ3) is 3.08. The van der Waals surface area contributed by atoms with Crippen LogP contribution in [0.25, 0.3) is 0 Å². The van der Waals surface area contributed by atoms with Crippen LogP contribution in [0.5, 0.6) is 0 Å². The maximum Gasteiger partial charge on any atom is 0.291 e. The second kappa shape index (κ2) is 5.48. The minimum absolute atomic E-state index is 0.0814. The molecule has 0 aliphatic carbocycles. The Morgan fingerprint density at radius 3 is 2.94 bits per heavy atom. The standard InChI is InChI=1S/C11H9N5O2/c17-10-4-3-9(14-15-10)11(18)16-13-7-8-2-1-5-12-6-8/h1-7H,(H,15,17)(H,16,18)/b13-7+. The summed E-state index contributed by atoms with van der Waals surface area (Å²) in [6, 6.07) is 6.08. The van der Waals surface area contributed by atoms with Gasteiger partial charge in [0, 0.05) is 24.0 Å². The van der Waals surface area contributed by atoms with Gasteiger partial charge in [0.05, 0.1) is 6.21 Å². The SMILES string of the molecule is O=C(N/N=C/c1cccnc1)c1ccc(=O)[nH]n1. The van der Waals surface area contributed by atoms with E-state index in [0.29, 0.717) is 0 Å². The molecule has 2 N–H and O–H groups in total. The maximum absolute atomic E-state index is 11.5. The highest BCUT2D eigenvalue weighted by Crippen LogP contribution is 1.91. The molecule has 90 valence electrons. The molecule has 0 aliphatic rings. The molecule has 2 aromatic heterocycles. The van der Waals surface area contributed by atoms with Gasteiger partial charge in [-0.1, -0.05) is 6.07 Å². The monoisotopic (exact) mass is 243 g/mol. The van der Waals surface area contributed by atoms with Gasteiger partial charge in [0.2, 0.25) is 0 Å². The average Bonchev–Trinajstić information content (AvgIpc) is 2.40. The molecule has 2 rings (SSSR count). The van der Waals surface area contributed by atoms with Crippen molar-refractivity contribution in [3.63, 3.8) is 0 Å². The van der Waals surface area contributed by atoms with Crippen LogP contribution >= 0.6 is 0 Å². The third-order valence-corrected chi connectivity index (χ3v) is 1.98. The van der Waals surface area contributed by atoms with E-state index in [1.807, 2.05) is 0 Å². The van der Waals surface area contributed by atoms with Crippen LogP contribution in [-0.2, 0) is 0 Å². The van der Waals surface area contributed by atoms with Crippen molar-refractivity contribution in [3.8, 4) is 0 Å². The summed E-state index contributed by atoms with van der Waals surface area (Å²) in [6.45, 7) is 0. The van der Waals surface area contributed by atoms with Crippen molar-refractivity contribution >= 4 is 12.1 Å². The van der Waals surface area contributed by atoms with Gasteiger partial charge >= 0.3 is 0 Å². The van der Waals surface area contributed by atoms with Crippen LogP contribution in [0.15, 0.2) is 46.6 Å². The van der Waals surface area contributed by atoms with Gasteiger partial charge in [-0.05, 0) is 12.1 Å². The molecule has 0 atom stereocenters. The van der Waals surface area contributed by atoms with Crippen LogP contribution in [0.4, 0.5) is 0 Å². The molecule has 0 unspecified atom stereocenters. The summed E-state index contributed by atoms with van der Waals surface area (Å²) in [4.78, 5) is 26.2. The van der Waals surface area contributed by atoms with Crippen LogP contribution in [-0.4, -0.2) is 27.3 Å². The fourth-order valence-corrected chi connectivity index (χ4v) is 1.15. The molecule has 2 aromatic rings. The molecule has 0 saturated heterocycles. The molecule has 0 aliphatic heterocycles. The maximum atomic E-state index is 11.5. The van der Waals surface area contributed by atoms with Gasteiger partial charge in [0.25, 0.3) is 11.5 Å². The van der Waals surface area contributed by atoms with Gasteiger partial charge in [-0.2, -0.15) is 10.2 Å². The van der Waals surface area contributed by atoms with Crippen LogP contribution in [0, 0.1) is 0 Å². The predicted octanol–water partition coefficient (Wildman–Crippen LogP) is -0.0712. The lowest BCUT2D eigenvalue weighted by atomic mass is 10.3. The molecule has 7 nitrogen and oxygen atoms in total. The Labute approximate surface area is 102 Å². The first kappa shape index (κ1) is 11.6. The Morgan fingerprint density at radius 2 is 2.28 bits per heavy atom. The number of H-pyrrole nitrogens is 1. The van der Waals surface area contributed by atoms with Crippen molar-refractivity contribution in [2.75, 3.05) is 0 Å². The number of carbonyl (C=O) groups excluding carboxylic acids is 1. The molecular formula is C11H9N5O2. The quantitative estimate of drug-likeness (QED) is 0.582. The number of aromatic amines is 1. The Morgan fingerprint density at radius 1 is 1.39 bits per heavy atom. The summed E-state index contributed by atoms with van der Waals surface area (Å²) in [5.74, 6) is -0.508. The lowest BCUT2D eigenvalue weighted by Crippen LogP contribution is -2.21. The number of nitrogens with zero attached hydrogens (tertiary/aromatic N) is 3. The summed E-state index contributed by atoms with van der Waals surface area (Å²) in [7, 11) is 0. The largest absolute Gasteiger partial charge is 0.291 e. The van der Waals surface area contributed by atoms with Gasteiger partial charge in [0.1, 0.15) is 0 Å². The molecule has 0 radical (unpaired) electrons. The molecule has 0 aromatic carbocycles. The topological polar surface area (TPSA) is 100 Å². The first-order valence-electron chi connectivity index (χ1n) is 5.05. The molecule has 18 heavy (non-hydrogen) atoms. The Bertz CT molecular complexity index is 600. The van der Waals surface area contributed by atoms with E-state index in [0.717, 1.165) is 5.56 Å². The van der Waals surface area contributed by atoms with E-state index in [9.17, 15) is 9.59 Å². The minimum atomic E-state index is -0.508. The van der Waals surface area contributed by atoms with Crippen LogP contribution < -0.4 is 11.0 Å². The number of pyridine rings is 1. The first-order valence-corrected chi connectivity index (χ1v) is 5.05. The highest BCUT2D eigenvalue weighted by atomic mass is 16.2. The smallest absolute Gasteiger partial charge is 0.268 e. The molecular weight excluding hydrogens is 234 g/mol. The molecule has 7 heteroatoms. The van der Waals surface area contributed by atoms with Gasteiger partial charge in [-0.15, -0.1) is 0 Å². The van der Waals surface area contributed by atoms with Crippen molar-refractivity contribution in [3.05, 3.63) is 58.3 Å². The van der Waals surface area contributed by atoms with E-state index in [1.54, 1.807) is 24.5 Å². The number of hydrogen-bond acceptors (Lipinski definition) is 5. The normalized spacial score (nSPS) is 10.4. The zero-order valence-corrected chi connectivity index (χ0v) is 9.20. The van der Waals surface area contributed by atoms with E-state index < -0.39 is 5.91 Å². The van der Waals surface area contributed by atoms with Crippen molar-refractivity contribution in [1.82, 2.24) is 20.6 Å². The number of hydrazone groups is 1. The van der Waals surface area contributed by atoms with Crippen molar-refractivity contribution < 1.29 is 4.79 Å². The molecule has 1 amide bonds. The minimum Gasteiger partial charge on any atom is -0.268 e. The second-order valence-corrected chi connectivity index (χ2v) is 3.29. The average molecular weight is 243 g/mol. The summed E-state index contributed by atoms with van der Waals surface area (Å²) in [5.41, 5.74) is 2.75. The molecule has 0 saturated carbocycles. The number of amides is 1. The molecule has 2 heterocycles. The van der Waals surface area contributed by atoms with Gasteiger partial charge < -0.3 is 0 Å². The highest BCUT2D eigenvalue weighted by Gasteiger charge is 2.04. The van der Waals surface area contributed by atoms with Crippen LogP contribution in [0.2, 0.25) is 0 Å². The Hall–Kier alpha value is -2.83. The molecule has 0 spiro atoms. The molecule has 0 bridgehead atoms. The van der Waals surface area contributed by atoms with Crippen molar-refractivity contribution in [2.24, 2.45) is 5.10 Å². The zero-order valence-electron chi connectivity index (χ0n) is 9.20. The van der Waals surface area contributed by atoms with Gasteiger partial charge in [0.15, 0.2) is 5.69 Å². The van der Waals surface area contributed by atoms with Crippen molar-refractivity contribution in [1.29, 1.82) is 0 Å². The zero-order chi connectivity index (χ0) is 12.8. The lowest BCUT2D eigenvalue weighted by molar-refractivity contribution is 0.0949. The summed E-state index contributed by atoms with van der Waals surface area (Å²) >= 11 is 0. The van der Waals surface area contributed by atoms with Crippen molar-refractivity contribution in [2.45, 2.75) is 0 Å². The van der Waals surface area contributed by atoms with Gasteiger partial charge in [-0.3, -0.25) is 14.6 Å². The van der Waals surface area contributed by atoms with E-state index in [1.165, 1.54) is 18.3 Å². The van der Waals surface area contributed by atoms with Gasteiger partial charge in [-0.25, -0.2) is 10.5 Å². The van der Waals surface area contributed by atoms with E-state index in [2.05, 4.69) is 25.7 Å². The number of rotatable bonds is 3. The predicted molar refractivity (Wildman–Crippen MR) is 64.2 cm³/mol. The fourth-order valence-electron chi connectivity index (χ4n) is 1.15. The Balaban J connectivity index is 1.98. The fraction of sp³-hybridized carbons (Fsp3) is 0. The number of carbonyl (C=O) groups is 1. The molecule has 0 fully saturated rings.